The van der Waals surface area contributed by atoms with Crippen molar-refractivity contribution in [3.05, 3.63) is 65.3 Å². The van der Waals surface area contributed by atoms with Crippen LogP contribution in [-0.2, 0) is 4.74 Å². The lowest BCUT2D eigenvalue weighted by Gasteiger charge is -2.35. The number of ether oxygens (including phenoxy) is 1. The maximum atomic E-state index is 11.7. The van der Waals surface area contributed by atoms with Crippen LogP contribution in [0.5, 0.6) is 0 Å². The molecule has 0 amide bonds. The highest BCUT2D eigenvalue weighted by molar-refractivity contribution is 7.80. The summed E-state index contributed by atoms with van der Waals surface area (Å²) in [5.41, 5.74) is 3.32. The van der Waals surface area contributed by atoms with Gasteiger partial charge in [0, 0.05) is 47.1 Å². The second kappa shape index (κ2) is 9.49. The molecule has 1 aliphatic heterocycles. The third-order valence-electron chi connectivity index (χ3n) is 5.39. The van der Waals surface area contributed by atoms with E-state index in [9.17, 15) is 4.79 Å². The third kappa shape index (κ3) is 5.06. The Morgan fingerprint density at radius 1 is 1.19 bits per heavy atom. The van der Waals surface area contributed by atoms with E-state index in [0.29, 0.717) is 15.7 Å². The van der Waals surface area contributed by atoms with Crippen molar-refractivity contribution in [3.8, 4) is 0 Å². The lowest BCUT2D eigenvalue weighted by molar-refractivity contribution is 0.0601. The molecule has 0 spiro atoms. The van der Waals surface area contributed by atoms with Crippen LogP contribution in [0.2, 0.25) is 5.02 Å². The molecule has 2 aromatic carbocycles. The fraction of sp³-hybridized carbons (Fsp3) is 0.261. The first kappa shape index (κ1) is 21.3. The number of fused-ring (bicyclic) bond motifs is 1. The number of carbonyl (C=O) groups is 1. The van der Waals surface area contributed by atoms with Gasteiger partial charge in [0.2, 0.25) is 0 Å². The van der Waals surface area contributed by atoms with Crippen LogP contribution in [0.4, 0.5) is 11.4 Å². The van der Waals surface area contributed by atoms with Gasteiger partial charge in [-0.15, -0.1) is 0 Å². The van der Waals surface area contributed by atoms with Gasteiger partial charge >= 0.3 is 5.97 Å². The number of nitrogens with zero attached hydrogens (tertiary/aromatic N) is 2. The molecule has 8 heteroatoms. The van der Waals surface area contributed by atoms with Gasteiger partial charge in [0.25, 0.3) is 0 Å². The highest BCUT2D eigenvalue weighted by Gasteiger charge is 2.21. The van der Waals surface area contributed by atoms with Gasteiger partial charge in [-0.1, -0.05) is 17.7 Å². The predicted molar refractivity (Wildman–Crippen MR) is 129 cm³/mol. The van der Waals surface area contributed by atoms with Crippen molar-refractivity contribution in [2.75, 3.05) is 30.4 Å². The smallest absolute Gasteiger partial charge is 0.337 e. The molecule has 160 valence electrons. The van der Waals surface area contributed by atoms with Crippen LogP contribution in [0.3, 0.4) is 0 Å². The molecule has 2 heterocycles. The van der Waals surface area contributed by atoms with Crippen LogP contribution in [0.1, 0.15) is 23.2 Å². The number of esters is 1. The number of nitrogens with one attached hydrogen (secondary N) is 2. The van der Waals surface area contributed by atoms with E-state index in [0.717, 1.165) is 42.5 Å². The van der Waals surface area contributed by atoms with Crippen molar-refractivity contribution >= 4 is 57.2 Å². The van der Waals surface area contributed by atoms with Gasteiger partial charge in [-0.3, -0.25) is 4.98 Å². The number of thiocarbonyl (C=S) groups is 1. The quantitative estimate of drug-likeness (QED) is 0.440. The summed E-state index contributed by atoms with van der Waals surface area (Å²) in [6.07, 6.45) is 3.75. The summed E-state index contributed by atoms with van der Waals surface area (Å²) in [7, 11) is 1.37. The minimum atomic E-state index is -0.374. The van der Waals surface area contributed by atoms with Crippen molar-refractivity contribution in [1.82, 2.24) is 10.3 Å². The number of aromatic nitrogens is 1. The van der Waals surface area contributed by atoms with E-state index in [1.165, 1.54) is 12.8 Å². The number of benzene rings is 2. The van der Waals surface area contributed by atoms with Crippen molar-refractivity contribution in [2.24, 2.45) is 0 Å². The normalized spacial score (nSPS) is 14.3. The molecule has 0 saturated carbocycles. The summed E-state index contributed by atoms with van der Waals surface area (Å²) in [5.74, 6) is -0.374. The molecule has 1 fully saturated rings. The number of pyridine rings is 1. The Morgan fingerprint density at radius 3 is 2.77 bits per heavy atom. The van der Waals surface area contributed by atoms with Gasteiger partial charge in [-0.05, 0) is 67.5 Å². The number of carbonyl (C=O) groups excluding carboxylic acids is 1. The zero-order valence-electron chi connectivity index (χ0n) is 17.1. The minimum absolute atomic E-state index is 0.280. The first-order valence-electron chi connectivity index (χ1n) is 10.1. The Kier molecular flexibility index (Phi) is 6.53. The Bertz CT molecular complexity index is 1120. The lowest BCUT2D eigenvalue weighted by Crippen LogP contribution is -2.46. The molecule has 0 atom stereocenters. The molecule has 0 bridgehead atoms. The first-order chi connectivity index (χ1) is 15.0. The van der Waals surface area contributed by atoms with E-state index in [1.54, 1.807) is 18.2 Å². The van der Waals surface area contributed by atoms with E-state index in [2.05, 4.69) is 26.6 Å². The minimum Gasteiger partial charge on any atom is -0.465 e. The van der Waals surface area contributed by atoms with E-state index in [-0.39, 0.29) is 12.0 Å². The third-order valence-corrected chi connectivity index (χ3v) is 5.85. The summed E-state index contributed by atoms with van der Waals surface area (Å²) >= 11 is 11.6. The second-order valence-electron chi connectivity index (χ2n) is 7.42. The Labute approximate surface area is 191 Å². The molecule has 1 saturated heterocycles. The maximum Gasteiger partial charge on any atom is 0.337 e. The molecular weight excluding hydrogens is 432 g/mol. The summed E-state index contributed by atoms with van der Waals surface area (Å²) in [5, 5.41) is 8.90. The van der Waals surface area contributed by atoms with Crippen molar-refractivity contribution < 1.29 is 9.53 Å². The van der Waals surface area contributed by atoms with Gasteiger partial charge in [-0.2, -0.15) is 0 Å². The molecule has 3 aromatic rings. The van der Waals surface area contributed by atoms with Crippen molar-refractivity contribution in [1.29, 1.82) is 0 Å². The second-order valence-corrected chi connectivity index (χ2v) is 8.27. The molecule has 1 aliphatic rings. The van der Waals surface area contributed by atoms with Gasteiger partial charge in [-0.25, -0.2) is 4.79 Å². The van der Waals surface area contributed by atoms with Crippen LogP contribution in [0.15, 0.2) is 54.7 Å². The van der Waals surface area contributed by atoms with Crippen LogP contribution in [0, 0.1) is 0 Å². The van der Waals surface area contributed by atoms with E-state index in [1.807, 2.05) is 30.5 Å². The van der Waals surface area contributed by atoms with E-state index >= 15 is 0 Å². The molecule has 0 aliphatic carbocycles. The Balaban J connectivity index is 1.35. The number of hydrogen-bond acceptors (Lipinski definition) is 5. The molecule has 31 heavy (non-hydrogen) atoms. The molecule has 6 nitrogen and oxygen atoms in total. The molecule has 2 N–H and O–H groups in total. The number of halogens is 1. The SMILES string of the molecule is COC(=O)c1cccc(NC(=S)NC2CCN(c3ccnc4cc(Cl)ccc34)CC2)c1. The first-order valence-corrected chi connectivity index (χ1v) is 10.9. The molecular formula is C23H23ClN4O2S. The molecule has 0 unspecified atom stereocenters. The summed E-state index contributed by atoms with van der Waals surface area (Å²) in [6.45, 7) is 1.83. The topological polar surface area (TPSA) is 66.5 Å². The summed E-state index contributed by atoms with van der Waals surface area (Å²) in [6, 6.07) is 15.3. The predicted octanol–water partition coefficient (Wildman–Crippen LogP) is 4.63. The van der Waals surface area contributed by atoms with Crippen molar-refractivity contribution in [3.63, 3.8) is 0 Å². The van der Waals surface area contributed by atoms with E-state index < -0.39 is 0 Å². The Morgan fingerprint density at radius 2 is 2.00 bits per heavy atom. The van der Waals surface area contributed by atoms with Crippen LogP contribution < -0.4 is 15.5 Å². The number of hydrogen-bond donors (Lipinski definition) is 2. The average molecular weight is 455 g/mol. The van der Waals surface area contributed by atoms with Crippen LogP contribution in [0.25, 0.3) is 10.9 Å². The fourth-order valence-corrected chi connectivity index (χ4v) is 4.29. The molecule has 4 rings (SSSR count). The van der Waals surface area contributed by atoms with Gasteiger partial charge < -0.3 is 20.3 Å². The van der Waals surface area contributed by atoms with Crippen molar-refractivity contribution in [2.45, 2.75) is 18.9 Å². The monoisotopic (exact) mass is 454 g/mol. The van der Waals surface area contributed by atoms with Crippen LogP contribution in [-0.4, -0.2) is 42.3 Å². The molecule has 0 radical (unpaired) electrons. The number of methoxy groups -OCH3 is 1. The van der Waals surface area contributed by atoms with Crippen LogP contribution >= 0.6 is 23.8 Å². The highest BCUT2D eigenvalue weighted by atomic mass is 35.5. The zero-order chi connectivity index (χ0) is 21.8. The average Bonchev–Trinajstić information content (AvgIpc) is 2.78. The van der Waals surface area contributed by atoms with Gasteiger partial charge in [0.1, 0.15) is 0 Å². The summed E-state index contributed by atoms with van der Waals surface area (Å²) < 4.78 is 4.77. The zero-order valence-corrected chi connectivity index (χ0v) is 18.7. The maximum absolute atomic E-state index is 11.7. The van der Waals surface area contributed by atoms with Gasteiger partial charge in [0.05, 0.1) is 18.2 Å². The standard InChI is InChI=1S/C23H23ClN4O2S/c1-30-22(29)15-3-2-4-18(13-15)27-23(31)26-17-8-11-28(12-9-17)21-7-10-25-20-14-16(24)5-6-19(20)21/h2-7,10,13-14,17H,8-9,11-12H2,1H3,(H2,26,27,31). The number of anilines is 2. The fourth-order valence-electron chi connectivity index (χ4n) is 3.84. The number of piperidine rings is 1. The molecule has 1 aromatic heterocycles. The largest absolute Gasteiger partial charge is 0.465 e. The highest BCUT2D eigenvalue weighted by Crippen LogP contribution is 2.29. The lowest BCUT2D eigenvalue weighted by atomic mass is 10.0. The summed E-state index contributed by atoms with van der Waals surface area (Å²) in [4.78, 5) is 18.5. The van der Waals surface area contributed by atoms with Gasteiger partial charge in [0.15, 0.2) is 5.11 Å². The number of rotatable bonds is 4. The van der Waals surface area contributed by atoms with E-state index in [4.69, 9.17) is 28.6 Å². The Hall–Kier alpha value is -2.90.